The lowest BCUT2D eigenvalue weighted by Crippen LogP contribution is -2.35. The summed E-state index contributed by atoms with van der Waals surface area (Å²) in [4.78, 5) is 12.6. The average Bonchev–Trinajstić information content (AvgIpc) is 2.86. The Balaban J connectivity index is 1.91. The van der Waals surface area contributed by atoms with Crippen LogP contribution in [0.15, 0.2) is 39.7 Å². The zero-order valence-electron chi connectivity index (χ0n) is 11.7. The first-order chi connectivity index (χ1) is 10.6. The van der Waals surface area contributed by atoms with Crippen LogP contribution in [0.5, 0.6) is 0 Å². The van der Waals surface area contributed by atoms with E-state index in [9.17, 15) is 13.2 Å². The van der Waals surface area contributed by atoms with Crippen molar-refractivity contribution < 1.29 is 12.8 Å². The Morgan fingerprint density at radius 1 is 1.23 bits per heavy atom. The number of benzene rings is 1. The van der Waals surface area contributed by atoms with Crippen LogP contribution in [0.2, 0.25) is 0 Å². The summed E-state index contributed by atoms with van der Waals surface area (Å²) in [6, 6.07) is 6.96. The maximum atomic E-state index is 12.6. The number of sulfone groups is 1. The molecule has 3 heterocycles. The van der Waals surface area contributed by atoms with E-state index in [0.717, 1.165) is 5.39 Å². The summed E-state index contributed by atoms with van der Waals surface area (Å²) in [5, 5.41) is 5.70. The Bertz CT molecular complexity index is 1030. The second kappa shape index (κ2) is 4.67. The molecule has 1 aliphatic heterocycles. The predicted molar refractivity (Wildman–Crippen MR) is 82.7 cm³/mol. The first kappa shape index (κ1) is 13.5. The van der Waals surface area contributed by atoms with Gasteiger partial charge in [0, 0.05) is 5.39 Å². The molecular formula is C15H14N2O4S. The van der Waals surface area contributed by atoms with Crippen LogP contribution in [0.25, 0.3) is 21.9 Å². The SMILES string of the molecule is O=c1c2oc3ccccc3c2cnn1C1CCCS(=O)(=O)C1. The minimum Gasteiger partial charge on any atom is -0.450 e. The van der Waals surface area contributed by atoms with E-state index >= 15 is 0 Å². The molecule has 2 aromatic heterocycles. The molecule has 0 radical (unpaired) electrons. The lowest BCUT2D eigenvalue weighted by atomic mass is 10.2. The number of fused-ring (bicyclic) bond motifs is 3. The summed E-state index contributed by atoms with van der Waals surface area (Å²) in [6.45, 7) is 0. The molecule has 3 aromatic rings. The van der Waals surface area contributed by atoms with Gasteiger partial charge in [0.25, 0.3) is 0 Å². The summed E-state index contributed by atoms with van der Waals surface area (Å²) in [5.74, 6) is 0.150. The maximum absolute atomic E-state index is 12.6. The van der Waals surface area contributed by atoms with Crippen LogP contribution in [-0.2, 0) is 9.84 Å². The van der Waals surface area contributed by atoms with E-state index < -0.39 is 15.9 Å². The van der Waals surface area contributed by atoms with E-state index in [0.29, 0.717) is 23.8 Å². The van der Waals surface area contributed by atoms with Crippen LogP contribution < -0.4 is 5.56 Å². The van der Waals surface area contributed by atoms with Crippen LogP contribution in [0.1, 0.15) is 18.9 Å². The van der Waals surface area contributed by atoms with Crippen molar-refractivity contribution in [1.29, 1.82) is 0 Å². The molecule has 1 unspecified atom stereocenters. The van der Waals surface area contributed by atoms with Gasteiger partial charge < -0.3 is 4.42 Å². The fraction of sp³-hybridized carbons (Fsp3) is 0.333. The van der Waals surface area contributed by atoms with Crippen molar-refractivity contribution in [1.82, 2.24) is 9.78 Å². The molecular weight excluding hydrogens is 304 g/mol. The quantitative estimate of drug-likeness (QED) is 0.684. The third kappa shape index (κ3) is 2.04. The zero-order valence-corrected chi connectivity index (χ0v) is 12.5. The van der Waals surface area contributed by atoms with Crippen LogP contribution in [0, 0.1) is 0 Å². The van der Waals surface area contributed by atoms with Gasteiger partial charge in [0.15, 0.2) is 9.84 Å². The van der Waals surface area contributed by atoms with Gasteiger partial charge in [0.1, 0.15) is 5.58 Å². The minimum absolute atomic E-state index is 0.0361. The molecule has 4 rings (SSSR count). The smallest absolute Gasteiger partial charge is 0.310 e. The summed E-state index contributed by atoms with van der Waals surface area (Å²) < 4.78 is 30.5. The van der Waals surface area contributed by atoms with Crippen molar-refractivity contribution in [2.75, 3.05) is 11.5 Å². The van der Waals surface area contributed by atoms with Crippen molar-refractivity contribution in [3.8, 4) is 0 Å². The topological polar surface area (TPSA) is 82.2 Å². The molecule has 0 amide bonds. The van der Waals surface area contributed by atoms with Crippen molar-refractivity contribution in [2.24, 2.45) is 0 Å². The number of aromatic nitrogens is 2. The molecule has 1 saturated heterocycles. The summed E-state index contributed by atoms with van der Waals surface area (Å²) in [7, 11) is -3.11. The van der Waals surface area contributed by atoms with E-state index in [1.807, 2.05) is 18.2 Å². The maximum Gasteiger partial charge on any atom is 0.310 e. The van der Waals surface area contributed by atoms with E-state index in [1.165, 1.54) is 4.68 Å². The molecule has 6 nitrogen and oxygen atoms in total. The van der Waals surface area contributed by atoms with E-state index in [4.69, 9.17) is 4.42 Å². The number of para-hydroxylation sites is 1. The largest absolute Gasteiger partial charge is 0.450 e. The van der Waals surface area contributed by atoms with Crippen LogP contribution in [0.3, 0.4) is 0 Å². The molecule has 1 aliphatic rings. The standard InChI is InChI=1S/C15H14N2O4S/c18-15-14-12(11-5-1-2-6-13(11)21-14)8-16-17(15)10-4-3-7-22(19,20)9-10/h1-2,5-6,8,10H,3-4,7,9H2. The molecule has 0 spiro atoms. The predicted octanol–water partition coefficient (Wildman–Crippen LogP) is 1.89. The Hall–Kier alpha value is -2.15. The molecule has 0 bridgehead atoms. The number of furan rings is 1. The van der Waals surface area contributed by atoms with Gasteiger partial charge in [-0.05, 0) is 18.9 Å². The van der Waals surface area contributed by atoms with E-state index in [2.05, 4.69) is 5.10 Å². The Morgan fingerprint density at radius 2 is 2.05 bits per heavy atom. The average molecular weight is 318 g/mol. The first-order valence-corrected chi connectivity index (χ1v) is 8.97. The molecule has 114 valence electrons. The molecule has 0 aliphatic carbocycles. The first-order valence-electron chi connectivity index (χ1n) is 7.15. The van der Waals surface area contributed by atoms with E-state index in [-0.39, 0.29) is 22.6 Å². The summed E-state index contributed by atoms with van der Waals surface area (Å²) in [6.07, 6.45) is 2.78. The van der Waals surface area contributed by atoms with Crippen molar-refractivity contribution >= 4 is 31.8 Å². The molecule has 1 atom stereocenters. The lowest BCUT2D eigenvalue weighted by Gasteiger charge is -2.22. The highest BCUT2D eigenvalue weighted by molar-refractivity contribution is 7.91. The van der Waals surface area contributed by atoms with Gasteiger partial charge >= 0.3 is 5.56 Å². The van der Waals surface area contributed by atoms with Gasteiger partial charge in [-0.3, -0.25) is 4.79 Å². The van der Waals surface area contributed by atoms with Crippen LogP contribution in [-0.4, -0.2) is 29.7 Å². The third-order valence-electron chi connectivity index (χ3n) is 4.13. The molecule has 7 heteroatoms. The van der Waals surface area contributed by atoms with Gasteiger partial charge in [-0.15, -0.1) is 0 Å². The van der Waals surface area contributed by atoms with Crippen molar-refractivity contribution in [3.05, 3.63) is 40.8 Å². The Kier molecular flexibility index (Phi) is 2.87. The highest BCUT2D eigenvalue weighted by Crippen LogP contribution is 2.27. The number of hydrogen-bond acceptors (Lipinski definition) is 5. The normalized spacial score (nSPS) is 21.4. The van der Waals surface area contributed by atoms with Gasteiger partial charge in [0.2, 0.25) is 5.58 Å². The third-order valence-corrected chi connectivity index (χ3v) is 5.94. The Morgan fingerprint density at radius 3 is 2.86 bits per heavy atom. The lowest BCUT2D eigenvalue weighted by molar-refractivity contribution is 0.417. The van der Waals surface area contributed by atoms with Gasteiger partial charge in [-0.1, -0.05) is 18.2 Å². The Labute approximate surface area is 126 Å². The molecule has 22 heavy (non-hydrogen) atoms. The molecule has 0 N–H and O–H groups in total. The number of hydrogen-bond donors (Lipinski definition) is 0. The molecule has 0 saturated carbocycles. The monoisotopic (exact) mass is 318 g/mol. The van der Waals surface area contributed by atoms with Crippen molar-refractivity contribution in [3.63, 3.8) is 0 Å². The van der Waals surface area contributed by atoms with Crippen LogP contribution >= 0.6 is 0 Å². The molecule has 1 fully saturated rings. The number of nitrogens with zero attached hydrogens (tertiary/aromatic N) is 2. The number of rotatable bonds is 1. The molecule has 1 aromatic carbocycles. The van der Waals surface area contributed by atoms with Crippen molar-refractivity contribution in [2.45, 2.75) is 18.9 Å². The van der Waals surface area contributed by atoms with Crippen LogP contribution in [0.4, 0.5) is 0 Å². The zero-order chi connectivity index (χ0) is 15.3. The van der Waals surface area contributed by atoms with Gasteiger partial charge in [0.05, 0.1) is 29.1 Å². The summed E-state index contributed by atoms with van der Waals surface area (Å²) >= 11 is 0. The van der Waals surface area contributed by atoms with Gasteiger partial charge in [-0.25, -0.2) is 13.1 Å². The van der Waals surface area contributed by atoms with E-state index in [1.54, 1.807) is 12.3 Å². The minimum atomic E-state index is -3.11. The summed E-state index contributed by atoms with van der Waals surface area (Å²) in [5.41, 5.74) is 0.500. The highest BCUT2D eigenvalue weighted by atomic mass is 32.2. The fourth-order valence-electron chi connectivity index (χ4n) is 3.08. The fourth-order valence-corrected chi connectivity index (χ4v) is 4.75. The highest BCUT2D eigenvalue weighted by Gasteiger charge is 2.28. The second-order valence-electron chi connectivity index (χ2n) is 5.65. The van der Waals surface area contributed by atoms with Gasteiger partial charge in [-0.2, -0.15) is 5.10 Å². The second-order valence-corrected chi connectivity index (χ2v) is 7.87.